The van der Waals surface area contributed by atoms with Crippen molar-refractivity contribution < 1.29 is 28.1 Å². The molecule has 5 nitrogen and oxygen atoms in total. The van der Waals surface area contributed by atoms with Crippen molar-refractivity contribution in [2.24, 2.45) is 28.6 Å². The molecule has 4 aliphatic carbocycles. The maximum Gasteiger partial charge on any atom is 0.229 e. The largest absolute Gasteiger partial charge is 0.350 e. The Balaban J connectivity index is 1.40. The molecule has 2 spiro atoms. The molecule has 2 saturated heterocycles. The van der Waals surface area contributed by atoms with Gasteiger partial charge in [-0.15, -0.1) is 0 Å². The van der Waals surface area contributed by atoms with Crippen molar-refractivity contribution in [3.05, 3.63) is 11.6 Å². The number of ketones is 1. The average Bonchev–Trinajstić information content (AvgIpc) is 3.38. The highest BCUT2D eigenvalue weighted by atomic mass is 19.1. The molecule has 6 rings (SSSR count). The molecule has 2 aliphatic heterocycles. The van der Waals surface area contributed by atoms with E-state index in [2.05, 4.69) is 13.8 Å². The van der Waals surface area contributed by atoms with Gasteiger partial charge in [0.25, 0.3) is 0 Å². The summed E-state index contributed by atoms with van der Waals surface area (Å²) >= 11 is 0. The lowest BCUT2D eigenvalue weighted by atomic mass is 9.46. The number of alkyl halides is 1. The van der Waals surface area contributed by atoms with E-state index in [0.717, 1.165) is 32.1 Å². The van der Waals surface area contributed by atoms with E-state index in [1.165, 1.54) is 5.57 Å². The summed E-state index contributed by atoms with van der Waals surface area (Å²) in [5.74, 6) is 0.344. The van der Waals surface area contributed by atoms with Crippen molar-refractivity contribution >= 4 is 5.78 Å². The second-order valence-corrected chi connectivity index (χ2v) is 10.6. The Bertz CT molecular complexity index is 770. The zero-order valence-electron chi connectivity index (χ0n) is 17.4. The molecule has 0 aromatic rings. The molecule has 0 unspecified atom stereocenters. The van der Waals surface area contributed by atoms with Crippen LogP contribution in [-0.2, 0) is 23.7 Å². The first-order valence-electron chi connectivity index (χ1n) is 11.2. The fourth-order valence-corrected chi connectivity index (χ4v) is 8.54. The highest BCUT2D eigenvalue weighted by Crippen LogP contribution is 2.72. The summed E-state index contributed by atoms with van der Waals surface area (Å²) in [7, 11) is 0. The Kier molecular flexibility index (Phi) is 3.85. The van der Waals surface area contributed by atoms with E-state index in [9.17, 15) is 4.79 Å². The molecule has 6 aliphatic rings. The van der Waals surface area contributed by atoms with E-state index in [-0.39, 0.29) is 42.7 Å². The molecule has 0 aromatic carbocycles. The molecule has 29 heavy (non-hydrogen) atoms. The number of allylic oxidation sites excluding steroid dienone is 1. The minimum Gasteiger partial charge on any atom is -0.350 e. The lowest BCUT2D eigenvalue weighted by molar-refractivity contribution is -0.261. The standard InChI is InChI=1S/C23H31FO5/c1-20-7-5-15(25)9-14(20)3-4-16-17(20)6-8-21(2)18(16)10-19(24)23(21)22(28-13-29-23)11-26-12-27-22/h9,16-19H,3-8,10-13H2,1-2H3/t16-,17+,18+,19+,20+,21+,22-,23-/m1/s1. The van der Waals surface area contributed by atoms with Crippen LogP contribution in [0.4, 0.5) is 4.39 Å². The van der Waals surface area contributed by atoms with Crippen LogP contribution in [0.1, 0.15) is 58.8 Å². The van der Waals surface area contributed by atoms with E-state index in [1.807, 2.05) is 6.08 Å². The van der Waals surface area contributed by atoms with E-state index in [0.29, 0.717) is 24.7 Å². The highest BCUT2D eigenvalue weighted by molar-refractivity contribution is 5.91. The summed E-state index contributed by atoms with van der Waals surface area (Å²) in [6.45, 7) is 4.99. The van der Waals surface area contributed by atoms with Gasteiger partial charge in [0.15, 0.2) is 25.0 Å². The number of hydrogen-bond donors (Lipinski definition) is 0. The SMILES string of the molecule is C[C@]12CCC(=O)C=C1CC[C@@H]1[C@@H]2CC[C@@]2(C)[C@H]1C[C@H](F)[C@@]21OCO[C@]12COCO2. The number of ether oxygens (including phenoxy) is 4. The second kappa shape index (κ2) is 5.90. The van der Waals surface area contributed by atoms with Gasteiger partial charge in [0.2, 0.25) is 5.79 Å². The fraction of sp³-hybridized carbons (Fsp3) is 0.870. The van der Waals surface area contributed by atoms with Gasteiger partial charge in [-0.05, 0) is 67.8 Å². The van der Waals surface area contributed by atoms with Crippen LogP contribution in [0.3, 0.4) is 0 Å². The number of fused-ring (bicyclic) bond motifs is 7. The Morgan fingerprint density at radius 3 is 2.66 bits per heavy atom. The van der Waals surface area contributed by atoms with Gasteiger partial charge < -0.3 is 18.9 Å². The predicted octanol–water partition coefficient (Wildman–Crippen LogP) is 3.91. The van der Waals surface area contributed by atoms with Crippen LogP contribution in [0.15, 0.2) is 11.6 Å². The van der Waals surface area contributed by atoms with E-state index < -0.39 is 17.6 Å². The lowest BCUT2D eigenvalue weighted by Crippen LogP contribution is -2.66. The van der Waals surface area contributed by atoms with Crippen molar-refractivity contribution in [1.29, 1.82) is 0 Å². The number of halogens is 1. The molecular formula is C23H31FO5. The molecule has 0 N–H and O–H groups in total. The van der Waals surface area contributed by atoms with Crippen molar-refractivity contribution in [3.8, 4) is 0 Å². The minimum atomic E-state index is -1.13. The van der Waals surface area contributed by atoms with Crippen LogP contribution in [0.25, 0.3) is 0 Å². The fourth-order valence-electron chi connectivity index (χ4n) is 8.54. The van der Waals surface area contributed by atoms with Gasteiger partial charge in [-0.1, -0.05) is 19.4 Å². The van der Waals surface area contributed by atoms with Gasteiger partial charge in [0.05, 0.1) is 0 Å². The molecule has 0 aromatic heterocycles. The maximum absolute atomic E-state index is 16.0. The van der Waals surface area contributed by atoms with Crippen molar-refractivity contribution in [2.45, 2.75) is 76.4 Å². The summed E-state index contributed by atoms with van der Waals surface area (Å²) in [5, 5.41) is 0. The number of carbonyl (C=O) groups is 1. The third-order valence-electron chi connectivity index (χ3n) is 9.91. The molecule has 5 fully saturated rings. The van der Waals surface area contributed by atoms with Gasteiger partial charge in [-0.3, -0.25) is 4.79 Å². The first kappa shape index (κ1) is 18.9. The molecule has 6 heteroatoms. The monoisotopic (exact) mass is 406 g/mol. The average molecular weight is 406 g/mol. The Morgan fingerprint density at radius 1 is 1.03 bits per heavy atom. The lowest BCUT2D eigenvalue weighted by Gasteiger charge is -2.60. The smallest absolute Gasteiger partial charge is 0.229 e. The third kappa shape index (κ3) is 2.07. The molecule has 0 bridgehead atoms. The van der Waals surface area contributed by atoms with E-state index in [4.69, 9.17) is 18.9 Å². The Labute approximate surface area is 171 Å². The first-order chi connectivity index (χ1) is 13.9. The first-order valence-corrected chi connectivity index (χ1v) is 11.2. The summed E-state index contributed by atoms with van der Waals surface area (Å²) in [6.07, 6.45) is 6.81. The van der Waals surface area contributed by atoms with Crippen molar-refractivity contribution in [2.75, 3.05) is 20.2 Å². The van der Waals surface area contributed by atoms with Crippen LogP contribution >= 0.6 is 0 Å². The van der Waals surface area contributed by atoms with Crippen molar-refractivity contribution in [3.63, 3.8) is 0 Å². The number of rotatable bonds is 0. The van der Waals surface area contributed by atoms with E-state index >= 15 is 4.39 Å². The minimum absolute atomic E-state index is 0.0624. The van der Waals surface area contributed by atoms with Crippen LogP contribution in [0.2, 0.25) is 0 Å². The molecule has 3 saturated carbocycles. The Hall–Kier alpha value is -0.820. The molecule has 8 atom stereocenters. The molecule has 2 heterocycles. The van der Waals surface area contributed by atoms with Crippen LogP contribution in [0.5, 0.6) is 0 Å². The molecular weight excluding hydrogens is 375 g/mol. The third-order valence-corrected chi connectivity index (χ3v) is 9.91. The summed E-state index contributed by atoms with van der Waals surface area (Å²) in [6, 6.07) is 0. The summed E-state index contributed by atoms with van der Waals surface area (Å²) in [5.41, 5.74) is -0.0179. The summed E-state index contributed by atoms with van der Waals surface area (Å²) in [4.78, 5) is 12.0. The predicted molar refractivity (Wildman–Crippen MR) is 101 cm³/mol. The quantitative estimate of drug-likeness (QED) is 0.611. The number of carbonyl (C=O) groups excluding carboxylic acids is 1. The van der Waals surface area contributed by atoms with Gasteiger partial charge in [-0.2, -0.15) is 0 Å². The zero-order valence-corrected chi connectivity index (χ0v) is 17.4. The zero-order chi connectivity index (χ0) is 20.1. The topological polar surface area (TPSA) is 54.0 Å². The van der Waals surface area contributed by atoms with E-state index in [1.54, 1.807) is 0 Å². The van der Waals surface area contributed by atoms with Crippen LogP contribution < -0.4 is 0 Å². The van der Waals surface area contributed by atoms with Gasteiger partial charge >= 0.3 is 0 Å². The summed E-state index contributed by atoms with van der Waals surface area (Å²) < 4.78 is 39.5. The normalized spacial score (nSPS) is 56.4. The van der Waals surface area contributed by atoms with Crippen molar-refractivity contribution in [1.82, 2.24) is 0 Å². The van der Waals surface area contributed by atoms with Gasteiger partial charge in [-0.25, -0.2) is 4.39 Å². The second-order valence-electron chi connectivity index (χ2n) is 10.6. The Morgan fingerprint density at radius 2 is 1.86 bits per heavy atom. The van der Waals surface area contributed by atoms with Gasteiger partial charge in [0.1, 0.15) is 12.8 Å². The molecule has 0 radical (unpaired) electrons. The van der Waals surface area contributed by atoms with Crippen LogP contribution in [-0.4, -0.2) is 43.5 Å². The molecule has 160 valence electrons. The highest BCUT2D eigenvalue weighted by Gasteiger charge is 2.79. The maximum atomic E-state index is 16.0. The molecule has 0 amide bonds. The van der Waals surface area contributed by atoms with Crippen LogP contribution in [0, 0.1) is 28.6 Å². The van der Waals surface area contributed by atoms with Gasteiger partial charge in [0, 0.05) is 11.8 Å². The number of hydrogen-bond acceptors (Lipinski definition) is 5.